The lowest BCUT2D eigenvalue weighted by molar-refractivity contribution is -0.141. The second kappa shape index (κ2) is 7.06. The maximum Gasteiger partial charge on any atom is 0.415 e. The summed E-state index contributed by atoms with van der Waals surface area (Å²) in [6, 6.07) is 6.05. The lowest BCUT2D eigenvalue weighted by atomic mass is 10.0. The Hall–Kier alpha value is -3.54. The SMILES string of the molecule is [C-]#[N+]Cn1cc2c(n1)CN(c1ccc3c(c1)C[C@H]1[C@H](CCC(=O)OC)OC(=O)N31)C2. The van der Waals surface area contributed by atoms with Crippen molar-refractivity contribution >= 4 is 23.4 Å². The third-order valence-corrected chi connectivity index (χ3v) is 6.03. The van der Waals surface area contributed by atoms with Gasteiger partial charge < -0.3 is 14.4 Å². The van der Waals surface area contributed by atoms with Gasteiger partial charge in [0.25, 0.3) is 0 Å². The Bertz CT molecular complexity index is 1050. The van der Waals surface area contributed by atoms with Crippen LogP contribution in [0.25, 0.3) is 4.85 Å². The van der Waals surface area contributed by atoms with Crippen LogP contribution in [0.4, 0.5) is 16.2 Å². The Morgan fingerprint density at radius 3 is 3.00 bits per heavy atom. The highest BCUT2D eigenvalue weighted by Crippen LogP contribution is 2.42. The predicted octanol–water partition coefficient (Wildman–Crippen LogP) is 2.48. The van der Waals surface area contributed by atoms with Crippen LogP contribution in [0.2, 0.25) is 0 Å². The number of amides is 1. The molecule has 3 aliphatic rings. The first-order valence-corrected chi connectivity index (χ1v) is 9.90. The number of fused-ring (bicyclic) bond motifs is 4. The summed E-state index contributed by atoms with van der Waals surface area (Å²) in [6.45, 7) is 8.68. The van der Waals surface area contributed by atoms with Gasteiger partial charge in [0.05, 0.1) is 31.1 Å². The van der Waals surface area contributed by atoms with Crippen molar-refractivity contribution < 1.29 is 19.1 Å². The number of esters is 1. The fourth-order valence-electron chi connectivity index (χ4n) is 4.61. The van der Waals surface area contributed by atoms with Crippen molar-refractivity contribution in [2.45, 2.75) is 51.2 Å². The van der Waals surface area contributed by atoms with Gasteiger partial charge >= 0.3 is 18.7 Å². The molecule has 0 N–H and O–H groups in total. The van der Waals surface area contributed by atoms with Crippen LogP contribution >= 0.6 is 0 Å². The summed E-state index contributed by atoms with van der Waals surface area (Å²) in [5.74, 6) is -0.297. The smallest absolute Gasteiger partial charge is 0.415 e. The second-order valence-corrected chi connectivity index (χ2v) is 7.79. The Labute approximate surface area is 173 Å². The van der Waals surface area contributed by atoms with Crippen LogP contribution in [0.1, 0.15) is 29.7 Å². The molecule has 1 aromatic carbocycles. The van der Waals surface area contributed by atoms with E-state index in [0.717, 1.165) is 34.7 Å². The van der Waals surface area contributed by atoms with Crippen LogP contribution in [0.15, 0.2) is 24.4 Å². The number of cyclic esters (lactones) is 1. The van der Waals surface area contributed by atoms with E-state index in [4.69, 9.17) is 16.0 Å². The molecule has 0 bridgehead atoms. The van der Waals surface area contributed by atoms with Gasteiger partial charge in [-0.05, 0) is 36.6 Å². The zero-order valence-electron chi connectivity index (χ0n) is 16.6. The molecule has 1 aromatic heterocycles. The van der Waals surface area contributed by atoms with Gasteiger partial charge in [0, 0.05) is 30.4 Å². The zero-order chi connectivity index (χ0) is 20.8. The molecule has 0 unspecified atom stereocenters. The normalized spacial score (nSPS) is 21.1. The summed E-state index contributed by atoms with van der Waals surface area (Å²) in [6.07, 6.45) is 2.68. The van der Waals surface area contributed by atoms with Crippen molar-refractivity contribution in [1.82, 2.24) is 9.78 Å². The van der Waals surface area contributed by atoms with Crippen molar-refractivity contribution in [3.63, 3.8) is 0 Å². The summed E-state index contributed by atoms with van der Waals surface area (Å²) in [7, 11) is 1.36. The number of carbonyl (C=O) groups is 2. The Kier molecular flexibility index (Phi) is 4.35. The second-order valence-electron chi connectivity index (χ2n) is 7.79. The van der Waals surface area contributed by atoms with Gasteiger partial charge in [0.2, 0.25) is 0 Å². The third-order valence-electron chi connectivity index (χ3n) is 6.03. The molecule has 0 radical (unpaired) electrons. The molecule has 0 aliphatic carbocycles. The lowest BCUT2D eigenvalue weighted by Gasteiger charge is -2.19. The number of ether oxygens (including phenoxy) is 2. The minimum Gasteiger partial charge on any atom is -0.469 e. The zero-order valence-corrected chi connectivity index (χ0v) is 16.6. The van der Waals surface area contributed by atoms with Crippen LogP contribution < -0.4 is 9.80 Å². The minimum absolute atomic E-state index is 0.0837. The minimum atomic E-state index is -0.350. The monoisotopic (exact) mass is 407 g/mol. The number of anilines is 2. The molecule has 154 valence electrons. The van der Waals surface area contributed by atoms with Crippen LogP contribution in [0, 0.1) is 6.57 Å². The van der Waals surface area contributed by atoms with E-state index in [1.54, 1.807) is 9.58 Å². The molecule has 0 spiro atoms. The van der Waals surface area contributed by atoms with Gasteiger partial charge in [-0.3, -0.25) is 14.5 Å². The maximum absolute atomic E-state index is 12.4. The number of nitrogens with zero attached hydrogens (tertiary/aromatic N) is 5. The summed E-state index contributed by atoms with van der Waals surface area (Å²) in [5, 5.41) is 4.49. The summed E-state index contributed by atoms with van der Waals surface area (Å²) < 4.78 is 11.9. The lowest BCUT2D eigenvalue weighted by Crippen LogP contribution is -2.33. The number of aromatic nitrogens is 2. The van der Waals surface area contributed by atoms with Crippen LogP contribution in [-0.2, 0) is 40.4 Å². The van der Waals surface area contributed by atoms with Crippen molar-refractivity contribution in [2.75, 3.05) is 16.9 Å². The van der Waals surface area contributed by atoms with Gasteiger partial charge in [-0.25, -0.2) is 16.0 Å². The van der Waals surface area contributed by atoms with Crippen molar-refractivity contribution in [3.05, 3.63) is 52.6 Å². The molecule has 1 fully saturated rings. The van der Waals surface area contributed by atoms with E-state index < -0.39 is 0 Å². The van der Waals surface area contributed by atoms with Crippen molar-refractivity contribution in [1.29, 1.82) is 0 Å². The molecule has 30 heavy (non-hydrogen) atoms. The van der Waals surface area contributed by atoms with E-state index in [2.05, 4.69) is 20.9 Å². The first kappa shape index (κ1) is 18.5. The number of carbonyl (C=O) groups excluding carboxylic acids is 2. The highest BCUT2D eigenvalue weighted by molar-refractivity contribution is 5.94. The van der Waals surface area contributed by atoms with Crippen LogP contribution in [0.5, 0.6) is 0 Å². The molecule has 1 saturated heterocycles. The van der Waals surface area contributed by atoms with Crippen LogP contribution in [-0.4, -0.2) is 41.1 Å². The van der Waals surface area contributed by atoms with Gasteiger partial charge in [-0.15, -0.1) is 0 Å². The summed E-state index contributed by atoms with van der Waals surface area (Å²) in [5.41, 5.74) is 5.23. The van der Waals surface area contributed by atoms with Gasteiger partial charge in [-0.1, -0.05) is 0 Å². The Balaban J connectivity index is 1.31. The fraction of sp³-hybridized carbons (Fsp3) is 0.429. The Morgan fingerprint density at radius 2 is 2.23 bits per heavy atom. The van der Waals surface area contributed by atoms with E-state index in [9.17, 15) is 9.59 Å². The molecular weight excluding hydrogens is 386 g/mol. The van der Waals surface area contributed by atoms with Gasteiger partial charge in [-0.2, -0.15) is 5.10 Å². The topological polar surface area (TPSA) is 81.3 Å². The van der Waals surface area contributed by atoms with E-state index in [1.165, 1.54) is 7.11 Å². The molecule has 1 amide bonds. The first-order valence-electron chi connectivity index (χ1n) is 9.90. The van der Waals surface area contributed by atoms with E-state index in [1.807, 2.05) is 18.3 Å². The first-order chi connectivity index (χ1) is 14.6. The van der Waals surface area contributed by atoms with Crippen molar-refractivity contribution in [2.24, 2.45) is 0 Å². The third kappa shape index (κ3) is 2.96. The molecule has 9 nitrogen and oxygen atoms in total. The van der Waals surface area contributed by atoms with E-state index in [-0.39, 0.29) is 37.3 Å². The number of hydrogen-bond acceptors (Lipinski definition) is 6. The molecule has 5 rings (SSSR count). The average Bonchev–Trinajstić information content (AvgIpc) is 3.46. The fourth-order valence-corrected chi connectivity index (χ4v) is 4.61. The van der Waals surface area contributed by atoms with E-state index >= 15 is 0 Å². The molecule has 3 aliphatic heterocycles. The Morgan fingerprint density at radius 1 is 1.37 bits per heavy atom. The number of methoxy groups -OCH3 is 1. The predicted molar refractivity (Wildman–Crippen MR) is 107 cm³/mol. The van der Waals surface area contributed by atoms with E-state index in [0.29, 0.717) is 19.4 Å². The molecule has 9 heteroatoms. The maximum atomic E-state index is 12.4. The molecule has 4 heterocycles. The number of hydrogen-bond donors (Lipinski definition) is 0. The largest absolute Gasteiger partial charge is 0.469 e. The van der Waals surface area contributed by atoms with Gasteiger partial charge in [0.15, 0.2) is 0 Å². The molecular formula is C21H21N5O4. The molecule has 0 saturated carbocycles. The summed E-state index contributed by atoms with van der Waals surface area (Å²) in [4.78, 5) is 31.2. The van der Waals surface area contributed by atoms with Crippen LogP contribution in [0.3, 0.4) is 0 Å². The summed E-state index contributed by atoms with van der Waals surface area (Å²) >= 11 is 0. The highest BCUT2D eigenvalue weighted by Gasteiger charge is 2.47. The van der Waals surface area contributed by atoms with Gasteiger partial charge in [0.1, 0.15) is 6.10 Å². The average molecular weight is 407 g/mol. The molecule has 2 atom stereocenters. The number of benzene rings is 1. The standard InChI is InChI=1S/C21H21N5O4/c1-22-12-25-10-14-9-24(11-16(14)23-25)15-3-4-17-13(7-15)8-18-19(5-6-20(27)29-2)30-21(28)26(17)18/h3-4,7,10,18-19H,5-6,8-9,11-12H2,2H3/t18-,19-/m0/s1. The van der Waals surface area contributed by atoms with Crippen molar-refractivity contribution in [3.8, 4) is 0 Å². The quantitative estimate of drug-likeness (QED) is 0.560. The molecule has 2 aromatic rings. The highest BCUT2D eigenvalue weighted by atomic mass is 16.6. The number of rotatable bonds is 5.